The maximum atomic E-state index is 13.1. The normalized spacial score (nSPS) is 10.3. The van der Waals surface area contributed by atoms with E-state index in [0.717, 1.165) is 6.07 Å². The Morgan fingerprint density at radius 3 is 2.67 bits per heavy atom. The number of benzene rings is 1. The van der Waals surface area contributed by atoms with E-state index >= 15 is 0 Å². The maximum Gasteiger partial charge on any atom is 0.131 e. The molecule has 0 aliphatic heterocycles. The van der Waals surface area contributed by atoms with E-state index in [2.05, 4.69) is 4.98 Å². The summed E-state index contributed by atoms with van der Waals surface area (Å²) in [5, 5.41) is 9.70. The smallest absolute Gasteiger partial charge is 0.131 e. The van der Waals surface area contributed by atoms with E-state index in [-0.39, 0.29) is 16.2 Å². The highest BCUT2D eigenvalue weighted by atomic mass is 35.5. The van der Waals surface area contributed by atoms with Crippen LogP contribution in [0.25, 0.3) is 10.9 Å². The molecular formula is C10H3Cl2FN2. The van der Waals surface area contributed by atoms with Crippen molar-refractivity contribution in [1.29, 1.82) is 5.26 Å². The van der Waals surface area contributed by atoms with Gasteiger partial charge in [0.15, 0.2) is 0 Å². The minimum Gasteiger partial charge on any atom is -0.236 e. The predicted molar refractivity (Wildman–Crippen MR) is 56.4 cm³/mol. The highest BCUT2D eigenvalue weighted by molar-refractivity contribution is 6.38. The molecule has 0 amide bonds. The average Bonchev–Trinajstić information content (AvgIpc) is 2.14. The van der Waals surface area contributed by atoms with Crippen LogP contribution in [0, 0.1) is 17.1 Å². The van der Waals surface area contributed by atoms with Crippen molar-refractivity contribution in [3.63, 3.8) is 0 Å². The summed E-state index contributed by atoms with van der Waals surface area (Å²) in [6.07, 6.45) is 0. The first-order chi connectivity index (χ1) is 7.11. The Kier molecular flexibility index (Phi) is 2.47. The molecule has 0 aliphatic rings. The summed E-state index contributed by atoms with van der Waals surface area (Å²) in [5.41, 5.74) is 0.434. The van der Waals surface area contributed by atoms with Crippen LogP contribution in [0.5, 0.6) is 0 Å². The van der Waals surface area contributed by atoms with E-state index in [9.17, 15) is 4.39 Å². The van der Waals surface area contributed by atoms with Gasteiger partial charge in [-0.05, 0) is 12.1 Å². The van der Waals surface area contributed by atoms with Crippen LogP contribution in [0.2, 0.25) is 10.2 Å². The van der Waals surface area contributed by atoms with Crippen LogP contribution in [-0.2, 0) is 0 Å². The number of fused-ring (bicyclic) bond motifs is 1. The largest absolute Gasteiger partial charge is 0.236 e. The van der Waals surface area contributed by atoms with Crippen molar-refractivity contribution < 1.29 is 4.39 Å². The fourth-order valence-electron chi connectivity index (χ4n) is 1.34. The van der Waals surface area contributed by atoms with Crippen molar-refractivity contribution in [2.24, 2.45) is 0 Å². The van der Waals surface area contributed by atoms with E-state index < -0.39 is 5.82 Å². The maximum absolute atomic E-state index is 13.1. The van der Waals surface area contributed by atoms with Crippen LogP contribution in [0.1, 0.15) is 5.56 Å². The highest BCUT2D eigenvalue weighted by Gasteiger charge is 2.09. The van der Waals surface area contributed by atoms with E-state index in [1.807, 2.05) is 6.07 Å². The lowest BCUT2D eigenvalue weighted by Crippen LogP contribution is -1.88. The number of pyridine rings is 1. The molecule has 0 unspecified atom stereocenters. The van der Waals surface area contributed by atoms with Crippen molar-refractivity contribution in [3.05, 3.63) is 39.8 Å². The zero-order valence-corrected chi connectivity index (χ0v) is 8.77. The summed E-state index contributed by atoms with van der Waals surface area (Å²) in [7, 11) is 0. The quantitative estimate of drug-likeness (QED) is 0.661. The lowest BCUT2D eigenvalue weighted by Gasteiger charge is -2.03. The summed E-state index contributed by atoms with van der Waals surface area (Å²) < 4.78 is 13.1. The van der Waals surface area contributed by atoms with Crippen molar-refractivity contribution in [3.8, 4) is 6.07 Å². The molecule has 0 saturated heterocycles. The summed E-state index contributed by atoms with van der Waals surface area (Å²) in [4.78, 5) is 3.90. The van der Waals surface area contributed by atoms with Gasteiger partial charge >= 0.3 is 0 Å². The van der Waals surface area contributed by atoms with Gasteiger partial charge in [0.1, 0.15) is 11.0 Å². The molecule has 2 rings (SSSR count). The standard InChI is InChI=1S/C10H3Cl2FN2/c11-7-3-9(12)15-8-2-6(13)1-5(4-14)10(7)8/h1-3H. The summed E-state index contributed by atoms with van der Waals surface area (Å²) >= 11 is 11.6. The molecule has 0 atom stereocenters. The van der Waals surface area contributed by atoms with Gasteiger partial charge < -0.3 is 0 Å². The van der Waals surface area contributed by atoms with Crippen LogP contribution in [-0.4, -0.2) is 4.98 Å². The molecule has 0 spiro atoms. The molecule has 1 heterocycles. The van der Waals surface area contributed by atoms with Crippen LogP contribution in [0.4, 0.5) is 4.39 Å². The molecule has 5 heteroatoms. The topological polar surface area (TPSA) is 36.7 Å². The second-order valence-corrected chi connectivity index (χ2v) is 3.68. The van der Waals surface area contributed by atoms with Gasteiger partial charge in [0.2, 0.25) is 0 Å². The van der Waals surface area contributed by atoms with Gasteiger partial charge in [-0.2, -0.15) is 5.26 Å². The van der Waals surface area contributed by atoms with Gasteiger partial charge in [-0.25, -0.2) is 9.37 Å². The van der Waals surface area contributed by atoms with Crippen molar-refractivity contribution in [1.82, 2.24) is 4.98 Å². The molecule has 0 saturated carbocycles. The number of aromatic nitrogens is 1. The second kappa shape index (κ2) is 3.65. The average molecular weight is 241 g/mol. The van der Waals surface area contributed by atoms with Gasteiger partial charge in [-0.15, -0.1) is 0 Å². The Morgan fingerprint density at radius 1 is 1.27 bits per heavy atom. The number of nitrogens with zero attached hydrogens (tertiary/aromatic N) is 2. The van der Waals surface area contributed by atoms with E-state index in [4.69, 9.17) is 28.5 Å². The molecule has 0 radical (unpaired) electrons. The number of nitriles is 1. The van der Waals surface area contributed by atoms with Crippen LogP contribution in [0.15, 0.2) is 18.2 Å². The molecule has 0 N–H and O–H groups in total. The Hall–Kier alpha value is -1.37. The summed E-state index contributed by atoms with van der Waals surface area (Å²) in [5.74, 6) is -0.537. The fraction of sp³-hybridized carbons (Fsp3) is 0. The minimum atomic E-state index is -0.537. The predicted octanol–water partition coefficient (Wildman–Crippen LogP) is 3.55. The highest BCUT2D eigenvalue weighted by Crippen LogP contribution is 2.28. The molecule has 2 nitrogen and oxygen atoms in total. The Morgan fingerprint density at radius 2 is 2.00 bits per heavy atom. The first-order valence-corrected chi connectivity index (χ1v) is 4.73. The Balaban J connectivity index is 2.98. The first-order valence-electron chi connectivity index (χ1n) is 3.97. The van der Waals surface area contributed by atoms with Gasteiger partial charge in [0.25, 0.3) is 0 Å². The van der Waals surface area contributed by atoms with E-state index in [1.54, 1.807) is 0 Å². The van der Waals surface area contributed by atoms with Crippen LogP contribution >= 0.6 is 23.2 Å². The molecule has 0 aliphatic carbocycles. The van der Waals surface area contributed by atoms with Crippen molar-refractivity contribution in [2.75, 3.05) is 0 Å². The first kappa shape index (κ1) is 10.2. The van der Waals surface area contributed by atoms with Gasteiger partial charge in [-0.1, -0.05) is 23.2 Å². The number of halogens is 3. The molecule has 1 aromatic heterocycles. The summed E-state index contributed by atoms with van der Waals surface area (Å²) in [6, 6.07) is 5.59. The molecular weight excluding hydrogens is 238 g/mol. The zero-order valence-electron chi connectivity index (χ0n) is 7.26. The van der Waals surface area contributed by atoms with Gasteiger partial charge in [0, 0.05) is 11.5 Å². The Labute approximate surface area is 94.9 Å². The van der Waals surface area contributed by atoms with Crippen LogP contribution < -0.4 is 0 Å². The third-order valence-electron chi connectivity index (χ3n) is 1.91. The van der Waals surface area contributed by atoms with E-state index in [1.165, 1.54) is 12.1 Å². The molecule has 1 aromatic carbocycles. The monoisotopic (exact) mass is 240 g/mol. The molecule has 74 valence electrons. The lowest BCUT2D eigenvalue weighted by molar-refractivity contribution is 0.629. The van der Waals surface area contributed by atoms with E-state index in [0.29, 0.717) is 10.4 Å². The molecule has 0 fully saturated rings. The lowest BCUT2D eigenvalue weighted by atomic mass is 10.1. The SMILES string of the molecule is N#Cc1cc(F)cc2nc(Cl)cc(Cl)c12. The summed E-state index contributed by atoms with van der Waals surface area (Å²) in [6.45, 7) is 0. The van der Waals surface area contributed by atoms with Crippen molar-refractivity contribution in [2.45, 2.75) is 0 Å². The van der Waals surface area contributed by atoms with Crippen molar-refractivity contribution >= 4 is 34.1 Å². The zero-order chi connectivity index (χ0) is 11.0. The Bertz CT molecular complexity index is 585. The number of rotatable bonds is 0. The molecule has 0 bridgehead atoms. The third kappa shape index (κ3) is 1.74. The van der Waals surface area contributed by atoms with Gasteiger partial charge in [0.05, 0.1) is 22.2 Å². The third-order valence-corrected chi connectivity index (χ3v) is 2.41. The number of hydrogen-bond acceptors (Lipinski definition) is 2. The molecule has 2 aromatic rings. The fourth-order valence-corrected chi connectivity index (χ4v) is 1.90. The van der Waals surface area contributed by atoms with Gasteiger partial charge in [-0.3, -0.25) is 0 Å². The molecule has 15 heavy (non-hydrogen) atoms. The second-order valence-electron chi connectivity index (χ2n) is 2.89. The number of hydrogen-bond donors (Lipinski definition) is 0. The minimum absolute atomic E-state index is 0.152. The van der Waals surface area contributed by atoms with Crippen LogP contribution in [0.3, 0.4) is 0 Å².